The highest BCUT2D eigenvalue weighted by molar-refractivity contribution is 6.99. The number of benzene rings is 3. The molecule has 4 nitrogen and oxygen atoms in total. The number of rotatable bonds is 7. The van der Waals surface area contributed by atoms with E-state index in [0.717, 1.165) is 0 Å². The van der Waals surface area contributed by atoms with Crippen LogP contribution in [0.5, 0.6) is 0 Å². The van der Waals surface area contributed by atoms with Crippen LogP contribution in [-0.4, -0.2) is 45.0 Å². The molecular weight excluding hydrogens is 438 g/mol. The molecular formula is C29H35NO3Si. The van der Waals surface area contributed by atoms with Crippen molar-refractivity contribution in [3.05, 3.63) is 96.6 Å². The van der Waals surface area contributed by atoms with E-state index >= 15 is 0 Å². The number of nitrogens with zero attached hydrogens (tertiary/aromatic N) is 1. The number of hydrogen-bond donors (Lipinski definition) is 0. The summed E-state index contributed by atoms with van der Waals surface area (Å²) in [4.78, 5) is 15.0. The predicted molar refractivity (Wildman–Crippen MR) is 140 cm³/mol. The summed E-state index contributed by atoms with van der Waals surface area (Å²) in [5.41, 5.74) is 1.18. The highest BCUT2D eigenvalue weighted by Gasteiger charge is 2.53. The molecule has 0 aromatic heterocycles. The van der Waals surface area contributed by atoms with Gasteiger partial charge in [-0.25, -0.2) is 0 Å². The molecule has 5 heteroatoms. The van der Waals surface area contributed by atoms with E-state index in [1.807, 2.05) is 18.2 Å². The van der Waals surface area contributed by atoms with Crippen molar-refractivity contribution in [1.82, 2.24) is 4.90 Å². The van der Waals surface area contributed by atoms with Crippen LogP contribution < -0.4 is 10.4 Å². The van der Waals surface area contributed by atoms with Crippen LogP contribution >= 0.6 is 0 Å². The van der Waals surface area contributed by atoms with Crippen LogP contribution in [0.2, 0.25) is 5.04 Å². The van der Waals surface area contributed by atoms with Gasteiger partial charge in [-0.15, -0.1) is 0 Å². The number of likely N-dealkylation sites (tertiary alicyclic amines) is 1. The zero-order chi connectivity index (χ0) is 24.2. The number of methoxy groups -OCH3 is 1. The van der Waals surface area contributed by atoms with E-state index in [9.17, 15) is 4.79 Å². The van der Waals surface area contributed by atoms with Gasteiger partial charge in [-0.3, -0.25) is 9.69 Å². The minimum absolute atomic E-state index is 0.0703. The smallest absolute Gasteiger partial charge is 0.323 e. The van der Waals surface area contributed by atoms with Crippen LogP contribution in [0.1, 0.15) is 32.8 Å². The van der Waals surface area contributed by atoms with Gasteiger partial charge in [0.25, 0.3) is 8.32 Å². The molecule has 2 atom stereocenters. The zero-order valence-corrected chi connectivity index (χ0v) is 21.6. The van der Waals surface area contributed by atoms with Gasteiger partial charge in [0, 0.05) is 13.1 Å². The van der Waals surface area contributed by atoms with Gasteiger partial charge >= 0.3 is 5.97 Å². The molecule has 0 aliphatic carbocycles. The lowest BCUT2D eigenvalue weighted by atomic mass is 10.2. The molecule has 0 saturated carbocycles. The van der Waals surface area contributed by atoms with Gasteiger partial charge in [0.05, 0.1) is 13.2 Å². The molecule has 3 aromatic carbocycles. The van der Waals surface area contributed by atoms with E-state index in [1.165, 1.54) is 23.0 Å². The third-order valence-corrected chi connectivity index (χ3v) is 11.9. The number of hydrogen-bond acceptors (Lipinski definition) is 4. The van der Waals surface area contributed by atoms with Gasteiger partial charge in [-0.1, -0.05) is 112 Å². The quantitative estimate of drug-likeness (QED) is 0.377. The molecule has 1 heterocycles. The van der Waals surface area contributed by atoms with E-state index in [1.54, 1.807) is 0 Å². The van der Waals surface area contributed by atoms with Crippen molar-refractivity contribution >= 4 is 24.7 Å². The molecule has 0 bridgehead atoms. The minimum atomic E-state index is -2.69. The lowest BCUT2D eigenvalue weighted by Crippen LogP contribution is -2.67. The van der Waals surface area contributed by atoms with E-state index in [4.69, 9.17) is 9.16 Å². The summed E-state index contributed by atoms with van der Waals surface area (Å²) in [6, 6.07) is 31.3. The molecule has 3 aromatic rings. The fourth-order valence-electron chi connectivity index (χ4n) is 5.26. The maximum atomic E-state index is 12.8. The molecule has 0 radical (unpaired) electrons. The average Bonchev–Trinajstić information content (AvgIpc) is 3.25. The van der Waals surface area contributed by atoms with Crippen LogP contribution in [0.25, 0.3) is 0 Å². The molecule has 0 spiro atoms. The molecule has 34 heavy (non-hydrogen) atoms. The third-order valence-electron chi connectivity index (χ3n) is 6.83. The van der Waals surface area contributed by atoms with Gasteiger partial charge in [0.2, 0.25) is 0 Å². The van der Waals surface area contributed by atoms with Crippen molar-refractivity contribution in [1.29, 1.82) is 0 Å². The first kappa shape index (κ1) is 24.4. The first-order chi connectivity index (χ1) is 16.3. The Morgan fingerprint density at radius 3 is 1.85 bits per heavy atom. The van der Waals surface area contributed by atoms with Gasteiger partial charge in [-0.2, -0.15) is 0 Å². The first-order valence-corrected chi connectivity index (χ1v) is 13.9. The first-order valence-electron chi connectivity index (χ1n) is 12.0. The summed E-state index contributed by atoms with van der Waals surface area (Å²) in [5, 5.41) is 2.40. The number of esters is 1. The Morgan fingerprint density at radius 2 is 1.38 bits per heavy atom. The Balaban J connectivity index is 1.72. The van der Waals surface area contributed by atoms with E-state index in [2.05, 4.69) is 98.5 Å². The molecule has 0 N–H and O–H groups in total. The van der Waals surface area contributed by atoms with Crippen molar-refractivity contribution in [2.24, 2.45) is 0 Å². The van der Waals surface area contributed by atoms with E-state index in [-0.39, 0.29) is 23.2 Å². The molecule has 1 aliphatic rings. The zero-order valence-electron chi connectivity index (χ0n) is 20.6. The van der Waals surface area contributed by atoms with Crippen LogP contribution in [0.15, 0.2) is 91.0 Å². The predicted octanol–water partition coefficient (Wildman–Crippen LogP) is 4.38. The van der Waals surface area contributed by atoms with Crippen LogP contribution in [-0.2, 0) is 20.5 Å². The van der Waals surface area contributed by atoms with E-state index in [0.29, 0.717) is 19.5 Å². The number of carbonyl (C=O) groups is 1. The molecule has 1 fully saturated rings. The SMILES string of the molecule is COC(=O)[C@@H]1C[C@@H](O[Si](c2ccccc2)(c2ccccc2)C(C)(C)C)CN1Cc1ccccc1. The highest BCUT2D eigenvalue weighted by atomic mass is 28.4. The standard InChI is InChI=1S/C29H35NO3Si/c1-29(2,3)34(25-16-10-6-11-17-25,26-18-12-7-13-19-26)33-24-20-27(28(31)32-4)30(22-24)21-23-14-8-5-9-15-23/h5-19,24,27H,20-22H2,1-4H3/t24-,27+/m1/s1. The normalized spacial score (nSPS) is 19.2. The summed E-state index contributed by atoms with van der Waals surface area (Å²) >= 11 is 0. The monoisotopic (exact) mass is 473 g/mol. The third kappa shape index (κ3) is 4.87. The van der Waals surface area contributed by atoms with Crippen LogP contribution in [0.4, 0.5) is 0 Å². The Morgan fingerprint density at radius 1 is 0.882 bits per heavy atom. The fraction of sp³-hybridized carbons (Fsp3) is 0.345. The Labute approximate surface area is 204 Å². The Bertz CT molecular complexity index is 1030. The summed E-state index contributed by atoms with van der Waals surface area (Å²) in [7, 11) is -1.22. The lowest BCUT2D eigenvalue weighted by Gasteiger charge is -2.44. The van der Waals surface area contributed by atoms with Crippen molar-refractivity contribution in [2.75, 3.05) is 13.7 Å². The minimum Gasteiger partial charge on any atom is -0.468 e. The maximum absolute atomic E-state index is 12.8. The van der Waals surface area contributed by atoms with Gasteiger partial charge in [0.15, 0.2) is 0 Å². The van der Waals surface area contributed by atoms with E-state index < -0.39 is 8.32 Å². The van der Waals surface area contributed by atoms with Crippen molar-refractivity contribution in [3.8, 4) is 0 Å². The van der Waals surface area contributed by atoms with Gasteiger partial charge in [-0.05, 0) is 27.4 Å². The second-order valence-corrected chi connectivity index (χ2v) is 14.3. The lowest BCUT2D eigenvalue weighted by molar-refractivity contribution is -0.146. The van der Waals surface area contributed by atoms with Gasteiger partial charge < -0.3 is 9.16 Å². The molecule has 4 rings (SSSR count). The second kappa shape index (κ2) is 10.3. The van der Waals surface area contributed by atoms with Gasteiger partial charge in [0.1, 0.15) is 6.04 Å². The summed E-state index contributed by atoms with van der Waals surface area (Å²) < 4.78 is 12.5. The average molecular weight is 474 g/mol. The van der Waals surface area contributed by atoms with Crippen molar-refractivity contribution < 1.29 is 14.0 Å². The molecule has 0 unspecified atom stereocenters. The topological polar surface area (TPSA) is 38.8 Å². The van der Waals surface area contributed by atoms with Crippen LogP contribution in [0.3, 0.4) is 0 Å². The summed E-state index contributed by atoms with van der Waals surface area (Å²) in [6.07, 6.45) is 0.559. The summed E-state index contributed by atoms with van der Waals surface area (Å²) in [5.74, 6) is -0.190. The number of carbonyl (C=O) groups excluding carboxylic acids is 1. The maximum Gasteiger partial charge on any atom is 0.323 e. The van der Waals surface area contributed by atoms with Crippen LogP contribution in [0, 0.1) is 0 Å². The number of ether oxygens (including phenoxy) is 1. The van der Waals surface area contributed by atoms with Crippen molar-refractivity contribution in [3.63, 3.8) is 0 Å². The van der Waals surface area contributed by atoms with Crippen molar-refractivity contribution in [2.45, 2.75) is 50.9 Å². The molecule has 178 valence electrons. The Hall–Kier alpha value is -2.73. The molecule has 1 saturated heterocycles. The highest BCUT2D eigenvalue weighted by Crippen LogP contribution is 2.39. The second-order valence-electron chi connectivity index (χ2n) is 10.1. The summed E-state index contributed by atoms with van der Waals surface area (Å²) in [6.45, 7) is 8.25. The molecule has 1 aliphatic heterocycles. The Kier molecular flexibility index (Phi) is 7.36. The molecule has 0 amide bonds. The fourth-order valence-corrected chi connectivity index (χ4v) is 9.95. The largest absolute Gasteiger partial charge is 0.468 e.